The van der Waals surface area contributed by atoms with E-state index in [4.69, 9.17) is 5.73 Å². The molecule has 0 saturated carbocycles. The van der Waals surface area contributed by atoms with E-state index in [-0.39, 0.29) is 17.8 Å². The molecule has 0 aliphatic rings. The van der Waals surface area contributed by atoms with E-state index in [1.54, 1.807) is 12.1 Å². The maximum Gasteiger partial charge on any atom is 0.240 e. The van der Waals surface area contributed by atoms with Crippen LogP contribution in [0.1, 0.15) is 45.2 Å². The lowest BCUT2D eigenvalue weighted by molar-refractivity contribution is -0.127. The van der Waals surface area contributed by atoms with Crippen LogP contribution in [0.5, 0.6) is 0 Å². The minimum Gasteiger partial charge on any atom is -0.348 e. The van der Waals surface area contributed by atoms with Crippen LogP contribution in [-0.4, -0.2) is 11.4 Å². The Bertz CT molecular complexity index is 416. The smallest absolute Gasteiger partial charge is 0.240 e. The molecule has 1 unspecified atom stereocenters. The van der Waals surface area contributed by atoms with Crippen molar-refractivity contribution in [1.82, 2.24) is 5.32 Å². The topological polar surface area (TPSA) is 55.1 Å². The molecule has 4 heteroatoms. The molecule has 1 amide bonds. The highest BCUT2D eigenvalue weighted by atomic mass is 19.1. The van der Waals surface area contributed by atoms with Crippen molar-refractivity contribution < 1.29 is 9.18 Å². The van der Waals surface area contributed by atoms with Crippen molar-refractivity contribution in [3.63, 3.8) is 0 Å². The summed E-state index contributed by atoms with van der Waals surface area (Å²) in [6.45, 7) is 5.59. The van der Waals surface area contributed by atoms with Crippen LogP contribution in [0, 0.1) is 5.82 Å². The summed E-state index contributed by atoms with van der Waals surface area (Å²) in [5.41, 5.74) is 5.90. The summed E-state index contributed by atoms with van der Waals surface area (Å²) in [5, 5.41) is 2.84. The van der Waals surface area contributed by atoms with Gasteiger partial charge in [0.15, 0.2) is 0 Å². The first-order chi connectivity index (χ1) is 8.42. The molecule has 0 fully saturated rings. The highest BCUT2D eigenvalue weighted by molar-refractivity contribution is 5.86. The van der Waals surface area contributed by atoms with Crippen molar-refractivity contribution >= 4 is 5.91 Å². The maximum absolute atomic E-state index is 13.1. The van der Waals surface area contributed by atoms with Gasteiger partial charge in [0.05, 0.1) is 11.6 Å². The van der Waals surface area contributed by atoms with E-state index in [1.807, 2.05) is 20.8 Å². The minimum absolute atomic E-state index is 0.190. The zero-order valence-electron chi connectivity index (χ0n) is 11.2. The Morgan fingerprint density at radius 2 is 2.06 bits per heavy atom. The van der Waals surface area contributed by atoms with Crippen LogP contribution in [0.2, 0.25) is 0 Å². The van der Waals surface area contributed by atoms with Gasteiger partial charge in [-0.2, -0.15) is 0 Å². The third-order valence-electron chi connectivity index (χ3n) is 3.41. The van der Waals surface area contributed by atoms with E-state index in [9.17, 15) is 9.18 Å². The number of nitrogens with one attached hydrogen (secondary N) is 1. The van der Waals surface area contributed by atoms with Gasteiger partial charge in [-0.1, -0.05) is 26.0 Å². The van der Waals surface area contributed by atoms with Crippen molar-refractivity contribution in [1.29, 1.82) is 0 Å². The molecule has 100 valence electrons. The molecule has 1 aromatic rings. The summed E-state index contributed by atoms with van der Waals surface area (Å²) in [7, 11) is 0. The van der Waals surface area contributed by atoms with Crippen LogP contribution in [0.3, 0.4) is 0 Å². The SMILES string of the molecule is CCC(N)(CC)C(=O)NC(C)c1cccc(F)c1. The lowest BCUT2D eigenvalue weighted by Gasteiger charge is -2.27. The molecule has 1 rings (SSSR count). The van der Waals surface area contributed by atoms with E-state index >= 15 is 0 Å². The maximum atomic E-state index is 13.1. The first-order valence-corrected chi connectivity index (χ1v) is 6.28. The number of rotatable bonds is 5. The van der Waals surface area contributed by atoms with Gasteiger partial charge in [0.1, 0.15) is 5.82 Å². The molecule has 1 atom stereocenters. The third kappa shape index (κ3) is 3.29. The number of carbonyl (C=O) groups is 1. The van der Waals surface area contributed by atoms with Crippen molar-refractivity contribution in [2.75, 3.05) is 0 Å². The quantitative estimate of drug-likeness (QED) is 0.846. The predicted molar refractivity (Wildman–Crippen MR) is 70.5 cm³/mol. The van der Waals surface area contributed by atoms with Gasteiger partial charge in [-0.05, 0) is 37.5 Å². The number of halogens is 1. The Morgan fingerprint density at radius 1 is 1.44 bits per heavy atom. The summed E-state index contributed by atoms with van der Waals surface area (Å²) in [6, 6.07) is 5.95. The van der Waals surface area contributed by atoms with Gasteiger partial charge in [0, 0.05) is 0 Å². The van der Waals surface area contributed by atoms with Crippen molar-refractivity contribution in [2.24, 2.45) is 5.73 Å². The molecular formula is C14H21FN2O. The fourth-order valence-electron chi connectivity index (χ4n) is 1.77. The highest BCUT2D eigenvalue weighted by Crippen LogP contribution is 2.17. The fraction of sp³-hybridized carbons (Fsp3) is 0.500. The van der Waals surface area contributed by atoms with Gasteiger partial charge in [0.25, 0.3) is 0 Å². The summed E-state index contributed by atoms with van der Waals surface area (Å²) >= 11 is 0. The van der Waals surface area contributed by atoms with Crippen molar-refractivity contribution in [2.45, 2.75) is 45.2 Å². The lowest BCUT2D eigenvalue weighted by atomic mass is 9.92. The predicted octanol–water partition coefficient (Wildman–Crippen LogP) is 2.52. The zero-order chi connectivity index (χ0) is 13.8. The Kier molecular flexibility index (Phi) is 4.84. The molecule has 0 aliphatic heterocycles. The van der Waals surface area contributed by atoms with E-state index in [0.29, 0.717) is 12.8 Å². The molecule has 3 nitrogen and oxygen atoms in total. The molecule has 0 aromatic heterocycles. The van der Waals surface area contributed by atoms with Crippen LogP contribution in [0.15, 0.2) is 24.3 Å². The molecule has 0 aliphatic carbocycles. The van der Waals surface area contributed by atoms with E-state index < -0.39 is 5.54 Å². The Labute approximate surface area is 108 Å². The molecule has 18 heavy (non-hydrogen) atoms. The summed E-state index contributed by atoms with van der Waals surface area (Å²) in [5.74, 6) is -0.497. The molecular weight excluding hydrogens is 231 g/mol. The summed E-state index contributed by atoms with van der Waals surface area (Å²) in [4.78, 5) is 12.1. The molecule has 3 N–H and O–H groups in total. The average Bonchev–Trinajstić information content (AvgIpc) is 2.37. The minimum atomic E-state index is -0.846. The van der Waals surface area contributed by atoms with Gasteiger partial charge in [-0.15, -0.1) is 0 Å². The van der Waals surface area contributed by atoms with Crippen LogP contribution < -0.4 is 11.1 Å². The molecule has 1 aromatic carbocycles. The number of benzene rings is 1. The van der Waals surface area contributed by atoms with E-state index in [0.717, 1.165) is 5.56 Å². The Hall–Kier alpha value is -1.42. The standard InChI is InChI=1S/C14H21FN2O/c1-4-14(16,5-2)13(18)17-10(3)11-7-6-8-12(15)9-11/h6-10H,4-5,16H2,1-3H3,(H,17,18). The van der Waals surface area contributed by atoms with Crippen LogP contribution in [-0.2, 0) is 4.79 Å². The fourth-order valence-corrected chi connectivity index (χ4v) is 1.77. The van der Waals surface area contributed by atoms with Gasteiger partial charge in [-0.25, -0.2) is 4.39 Å². The van der Waals surface area contributed by atoms with E-state index in [1.165, 1.54) is 12.1 Å². The van der Waals surface area contributed by atoms with Gasteiger partial charge >= 0.3 is 0 Å². The zero-order valence-corrected chi connectivity index (χ0v) is 11.2. The Balaban J connectivity index is 2.76. The van der Waals surface area contributed by atoms with E-state index in [2.05, 4.69) is 5.32 Å². The number of hydrogen-bond acceptors (Lipinski definition) is 2. The van der Waals surface area contributed by atoms with Crippen LogP contribution in [0.4, 0.5) is 4.39 Å². The highest BCUT2D eigenvalue weighted by Gasteiger charge is 2.30. The molecule has 0 radical (unpaired) electrons. The summed E-state index contributed by atoms with van der Waals surface area (Å²) in [6.07, 6.45) is 1.15. The Morgan fingerprint density at radius 3 is 2.56 bits per heavy atom. The van der Waals surface area contributed by atoms with Crippen LogP contribution >= 0.6 is 0 Å². The third-order valence-corrected chi connectivity index (χ3v) is 3.41. The monoisotopic (exact) mass is 252 g/mol. The second kappa shape index (κ2) is 5.96. The first kappa shape index (κ1) is 14.6. The lowest BCUT2D eigenvalue weighted by Crippen LogP contribution is -2.53. The average molecular weight is 252 g/mol. The summed E-state index contributed by atoms with van der Waals surface area (Å²) < 4.78 is 13.1. The second-order valence-corrected chi connectivity index (χ2v) is 4.61. The molecule has 0 heterocycles. The van der Waals surface area contributed by atoms with Crippen LogP contribution in [0.25, 0.3) is 0 Å². The molecule has 0 bridgehead atoms. The second-order valence-electron chi connectivity index (χ2n) is 4.61. The number of hydrogen-bond donors (Lipinski definition) is 2. The number of carbonyl (C=O) groups excluding carboxylic acids is 1. The molecule has 0 spiro atoms. The van der Waals surface area contributed by atoms with Crippen molar-refractivity contribution in [3.8, 4) is 0 Å². The molecule has 0 saturated heterocycles. The number of amides is 1. The van der Waals surface area contributed by atoms with Gasteiger partial charge < -0.3 is 11.1 Å². The van der Waals surface area contributed by atoms with Crippen molar-refractivity contribution in [3.05, 3.63) is 35.6 Å². The largest absolute Gasteiger partial charge is 0.348 e. The normalized spacial score (nSPS) is 13.2. The number of nitrogens with two attached hydrogens (primary N) is 1. The first-order valence-electron chi connectivity index (χ1n) is 6.28. The van der Waals surface area contributed by atoms with Gasteiger partial charge in [0.2, 0.25) is 5.91 Å². The van der Waals surface area contributed by atoms with Gasteiger partial charge in [-0.3, -0.25) is 4.79 Å².